The molecule has 0 radical (unpaired) electrons. The topological polar surface area (TPSA) is 12.0 Å². The monoisotopic (exact) mass is 297 g/mol. The smallest absolute Gasteiger partial charge is 0.123 e. The molecule has 0 bridgehead atoms. The van der Waals surface area contributed by atoms with Gasteiger partial charge in [-0.05, 0) is 54.9 Å². The summed E-state index contributed by atoms with van der Waals surface area (Å²) >= 11 is 12.1. The maximum absolute atomic E-state index is 13.4. The molecule has 2 aromatic rings. The van der Waals surface area contributed by atoms with Crippen molar-refractivity contribution >= 4 is 23.2 Å². The number of halogens is 3. The van der Waals surface area contributed by atoms with Gasteiger partial charge in [0.15, 0.2) is 0 Å². The summed E-state index contributed by atoms with van der Waals surface area (Å²) in [4.78, 5) is 0. The lowest BCUT2D eigenvalue weighted by atomic mass is 9.95. The van der Waals surface area contributed by atoms with Crippen molar-refractivity contribution in [3.8, 4) is 0 Å². The van der Waals surface area contributed by atoms with Gasteiger partial charge in [-0.1, -0.05) is 35.3 Å². The summed E-state index contributed by atoms with van der Waals surface area (Å²) in [5.74, 6) is -0.258. The Hall–Kier alpha value is -1.09. The highest BCUT2D eigenvalue weighted by atomic mass is 35.5. The lowest BCUT2D eigenvalue weighted by molar-refractivity contribution is 0.615. The summed E-state index contributed by atoms with van der Waals surface area (Å²) < 4.78 is 13.4. The van der Waals surface area contributed by atoms with E-state index in [1.54, 1.807) is 18.2 Å². The fourth-order valence-corrected chi connectivity index (χ4v) is 2.65. The van der Waals surface area contributed by atoms with E-state index in [2.05, 4.69) is 5.32 Å². The molecule has 100 valence electrons. The van der Waals surface area contributed by atoms with Crippen molar-refractivity contribution in [1.82, 2.24) is 5.32 Å². The lowest BCUT2D eigenvalue weighted by Gasteiger charge is -2.20. The molecule has 0 spiro atoms. The maximum Gasteiger partial charge on any atom is 0.123 e. The van der Waals surface area contributed by atoms with Gasteiger partial charge in [0, 0.05) is 10.0 Å². The first-order valence-corrected chi connectivity index (χ1v) is 6.66. The molecule has 2 aromatic carbocycles. The molecule has 0 aliphatic heterocycles. The molecule has 1 unspecified atom stereocenters. The Kier molecular flexibility index (Phi) is 4.46. The van der Waals surface area contributed by atoms with E-state index >= 15 is 0 Å². The normalized spacial score (nSPS) is 12.5. The molecule has 1 nitrogen and oxygen atoms in total. The van der Waals surface area contributed by atoms with Gasteiger partial charge in [0.25, 0.3) is 0 Å². The number of hydrogen-bond donors (Lipinski definition) is 1. The third-order valence-corrected chi connectivity index (χ3v) is 3.68. The molecule has 0 saturated carbocycles. The quantitative estimate of drug-likeness (QED) is 0.862. The van der Waals surface area contributed by atoms with Crippen LogP contribution in [0.2, 0.25) is 10.0 Å². The fraction of sp³-hybridized carbons (Fsp3) is 0.200. The molecule has 1 atom stereocenters. The van der Waals surface area contributed by atoms with Crippen LogP contribution in [0.5, 0.6) is 0 Å². The highest BCUT2D eigenvalue weighted by Gasteiger charge is 2.17. The highest BCUT2D eigenvalue weighted by Crippen LogP contribution is 2.31. The number of nitrogens with one attached hydrogen (secondary N) is 1. The van der Waals surface area contributed by atoms with Crippen molar-refractivity contribution in [2.45, 2.75) is 13.0 Å². The van der Waals surface area contributed by atoms with Gasteiger partial charge in [-0.2, -0.15) is 0 Å². The van der Waals surface area contributed by atoms with Gasteiger partial charge in [-0.25, -0.2) is 4.39 Å². The van der Waals surface area contributed by atoms with E-state index in [0.29, 0.717) is 10.0 Å². The van der Waals surface area contributed by atoms with Gasteiger partial charge >= 0.3 is 0 Å². The Morgan fingerprint density at radius 1 is 1.05 bits per heavy atom. The van der Waals surface area contributed by atoms with Crippen LogP contribution in [0.4, 0.5) is 4.39 Å². The molecule has 2 rings (SSSR count). The molecular formula is C15H14Cl2FN. The average molecular weight is 298 g/mol. The SMILES string of the molecule is CNC(c1cc(F)ccc1C)c1ccc(Cl)cc1Cl. The largest absolute Gasteiger partial charge is 0.309 e. The van der Waals surface area contributed by atoms with Crippen LogP contribution in [-0.4, -0.2) is 7.05 Å². The van der Waals surface area contributed by atoms with E-state index in [9.17, 15) is 4.39 Å². The van der Waals surface area contributed by atoms with Crippen molar-refractivity contribution in [3.05, 3.63) is 69.0 Å². The second-order valence-corrected chi connectivity index (χ2v) is 5.23. The van der Waals surface area contributed by atoms with Gasteiger partial charge < -0.3 is 5.32 Å². The first-order valence-electron chi connectivity index (χ1n) is 5.91. The van der Waals surface area contributed by atoms with Crippen LogP contribution in [0, 0.1) is 12.7 Å². The third kappa shape index (κ3) is 3.08. The van der Waals surface area contributed by atoms with Crippen LogP contribution >= 0.6 is 23.2 Å². The molecule has 1 N–H and O–H groups in total. The van der Waals surface area contributed by atoms with E-state index < -0.39 is 0 Å². The zero-order valence-electron chi connectivity index (χ0n) is 10.7. The second kappa shape index (κ2) is 5.91. The minimum Gasteiger partial charge on any atom is -0.309 e. The predicted octanol–water partition coefficient (Wildman–Crippen LogP) is 4.75. The van der Waals surface area contributed by atoms with E-state index in [0.717, 1.165) is 16.7 Å². The molecule has 0 aliphatic carbocycles. The van der Waals surface area contributed by atoms with Crippen molar-refractivity contribution in [2.75, 3.05) is 7.05 Å². The lowest BCUT2D eigenvalue weighted by Crippen LogP contribution is -2.19. The van der Waals surface area contributed by atoms with Crippen LogP contribution in [0.1, 0.15) is 22.7 Å². The molecule has 0 saturated heterocycles. The summed E-state index contributed by atoms with van der Waals surface area (Å²) in [5.41, 5.74) is 2.75. The van der Waals surface area contributed by atoms with Gasteiger partial charge in [0.05, 0.1) is 6.04 Å². The van der Waals surface area contributed by atoms with Gasteiger partial charge in [-0.3, -0.25) is 0 Å². The highest BCUT2D eigenvalue weighted by molar-refractivity contribution is 6.35. The Morgan fingerprint density at radius 2 is 1.79 bits per heavy atom. The Morgan fingerprint density at radius 3 is 2.42 bits per heavy atom. The summed E-state index contributed by atoms with van der Waals surface area (Å²) in [6.07, 6.45) is 0. The molecular weight excluding hydrogens is 284 g/mol. The predicted molar refractivity (Wildman–Crippen MR) is 78.5 cm³/mol. The van der Waals surface area contributed by atoms with E-state index in [-0.39, 0.29) is 11.9 Å². The van der Waals surface area contributed by atoms with Gasteiger partial charge in [-0.15, -0.1) is 0 Å². The zero-order chi connectivity index (χ0) is 14.0. The minimum atomic E-state index is -0.258. The number of rotatable bonds is 3. The van der Waals surface area contributed by atoms with E-state index in [1.807, 2.05) is 20.0 Å². The first-order chi connectivity index (χ1) is 9.02. The summed E-state index contributed by atoms with van der Waals surface area (Å²) in [5, 5.41) is 4.32. The van der Waals surface area contributed by atoms with Crippen molar-refractivity contribution in [2.24, 2.45) is 0 Å². The molecule has 0 fully saturated rings. The van der Waals surface area contributed by atoms with Crippen LogP contribution in [-0.2, 0) is 0 Å². The van der Waals surface area contributed by atoms with E-state index in [4.69, 9.17) is 23.2 Å². The molecule has 0 aromatic heterocycles. The van der Waals surface area contributed by atoms with Gasteiger partial charge in [0.1, 0.15) is 5.82 Å². The molecule has 0 aliphatic rings. The van der Waals surface area contributed by atoms with Crippen molar-refractivity contribution in [1.29, 1.82) is 0 Å². The summed E-state index contributed by atoms with van der Waals surface area (Å²) in [6, 6.07) is 9.91. The third-order valence-electron chi connectivity index (χ3n) is 3.11. The number of aryl methyl sites for hydroxylation is 1. The van der Waals surface area contributed by atoms with Crippen molar-refractivity contribution in [3.63, 3.8) is 0 Å². The molecule has 19 heavy (non-hydrogen) atoms. The number of hydrogen-bond acceptors (Lipinski definition) is 1. The molecule has 0 heterocycles. The Balaban J connectivity index is 2.52. The molecule has 0 amide bonds. The van der Waals surface area contributed by atoms with Crippen LogP contribution in [0.3, 0.4) is 0 Å². The van der Waals surface area contributed by atoms with Gasteiger partial charge in [0.2, 0.25) is 0 Å². The second-order valence-electron chi connectivity index (χ2n) is 4.39. The average Bonchev–Trinajstić information content (AvgIpc) is 2.36. The summed E-state index contributed by atoms with van der Waals surface area (Å²) in [6.45, 7) is 1.95. The molecule has 4 heteroatoms. The van der Waals surface area contributed by atoms with Crippen LogP contribution < -0.4 is 5.32 Å². The minimum absolute atomic E-state index is 0.166. The van der Waals surface area contributed by atoms with E-state index in [1.165, 1.54) is 12.1 Å². The number of benzene rings is 2. The first kappa shape index (κ1) is 14.3. The van der Waals surface area contributed by atoms with Crippen molar-refractivity contribution < 1.29 is 4.39 Å². The Bertz CT molecular complexity index is 599. The zero-order valence-corrected chi connectivity index (χ0v) is 12.2. The Labute approximate surface area is 122 Å². The fourth-order valence-electron chi connectivity index (χ4n) is 2.14. The maximum atomic E-state index is 13.4. The standard InChI is InChI=1S/C15H14Cl2FN/c1-9-3-5-11(18)8-13(9)15(19-2)12-6-4-10(16)7-14(12)17/h3-8,15,19H,1-2H3. The van der Waals surface area contributed by atoms with Crippen LogP contribution in [0.25, 0.3) is 0 Å². The summed E-state index contributed by atoms with van der Waals surface area (Å²) in [7, 11) is 1.82. The van der Waals surface area contributed by atoms with Crippen LogP contribution in [0.15, 0.2) is 36.4 Å².